The molecule has 1 atom stereocenters. The molecule has 0 fully saturated rings. The van der Waals surface area contributed by atoms with E-state index in [1.54, 1.807) is 11.3 Å². The lowest BCUT2D eigenvalue weighted by atomic mass is 9.73. The zero-order valence-electron chi connectivity index (χ0n) is 17.1. The molecule has 0 aliphatic heterocycles. The third-order valence-corrected chi connectivity index (χ3v) is 6.86. The van der Waals surface area contributed by atoms with Crippen LogP contribution in [0, 0.1) is 18.3 Å². The highest BCUT2D eigenvalue weighted by Crippen LogP contribution is 2.40. The van der Waals surface area contributed by atoms with Crippen LogP contribution in [0.15, 0.2) is 24.4 Å². The predicted octanol–water partition coefficient (Wildman–Crippen LogP) is 4.82. The second-order valence-corrected chi connectivity index (χ2v) is 9.90. The fraction of sp³-hybridized carbons (Fsp3) is 0.500. The fourth-order valence-electron chi connectivity index (χ4n) is 4.05. The lowest BCUT2D eigenvalue weighted by molar-refractivity contribution is -0.116. The van der Waals surface area contributed by atoms with Crippen molar-refractivity contribution in [2.24, 2.45) is 11.3 Å². The van der Waals surface area contributed by atoms with Gasteiger partial charge in [0.15, 0.2) is 5.13 Å². The Bertz CT molecular complexity index is 1010. The Balaban J connectivity index is 1.40. The third kappa shape index (κ3) is 3.83. The normalized spacial score (nSPS) is 16.9. The molecule has 1 aliphatic rings. The monoisotopic (exact) mass is 396 g/mol. The van der Waals surface area contributed by atoms with Gasteiger partial charge in [0.25, 0.3) is 0 Å². The molecule has 0 saturated carbocycles. The van der Waals surface area contributed by atoms with Gasteiger partial charge in [-0.2, -0.15) is 0 Å². The highest BCUT2D eigenvalue weighted by Gasteiger charge is 2.30. The van der Waals surface area contributed by atoms with Gasteiger partial charge in [-0.1, -0.05) is 26.8 Å². The van der Waals surface area contributed by atoms with Gasteiger partial charge in [-0.3, -0.25) is 4.79 Å². The number of rotatable bonds is 4. The Morgan fingerprint density at radius 2 is 2.14 bits per heavy atom. The highest BCUT2D eigenvalue weighted by atomic mass is 32.1. The number of hydrogen-bond acceptors (Lipinski definition) is 4. The molecule has 1 unspecified atom stereocenters. The summed E-state index contributed by atoms with van der Waals surface area (Å²) in [7, 11) is 0. The number of carbonyl (C=O) groups excluding carboxylic acids is 1. The number of imidazole rings is 1. The van der Waals surface area contributed by atoms with E-state index in [9.17, 15) is 4.79 Å². The number of nitrogens with one attached hydrogen (secondary N) is 1. The summed E-state index contributed by atoms with van der Waals surface area (Å²) in [6.45, 7) is 8.94. The van der Waals surface area contributed by atoms with E-state index in [1.807, 2.05) is 31.3 Å². The molecule has 148 valence electrons. The second kappa shape index (κ2) is 7.32. The molecular weight excluding hydrogens is 368 g/mol. The predicted molar refractivity (Wildman–Crippen MR) is 114 cm³/mol. The van der Waals surface area contributed by atoms with Gasteiger partial charge in [0, 0.05) is 23.2 Å². The van der Waals surface area contributed by atoms with E-state index in [2.05, 4.69) is 40.5 Å². The molecule has 3 aromatic heterocycles. The molecule has 6 heteroatoms. The zero-order chi connectivity index (χ0) is 19.9. The summed E-state index contributed by atoms with van der Waals surface area (Å²) in [4.78, 5) is 23.1. The molecule has 0 radical (unpaired) electrons. The molecule has 1 aliphatic carbocycles. The quantitative estimate of drug-likeness (QED) is 0.688. The first-order valence-corrected chi connectivity index (χ1v) is 10.8. The Morgan fingerprint density at radius 3 is 2.93 bits per heavy atom. The first-order chi connectivity index (χ1) is 13.3. The van der Waals surface area contributed by atoms with E-state index < -0.39 is 0 Å². The van der Waals surface area contributed by atoms with Crippen LogP contribution in [0.4, 0.5) is 5.13 Å². The summed E-state index contributed by atoms with van der Waals surface area (Å²) in [5, 5.41) is 3.77. The topological polar surface area (TPSA) is 59.3 Å². The SMILES string of the molecule is Cc1nc2ccccn2c1CCC(=O)Nc1nc2c(s1)CC(C(C)(C)C)CC2. The molecular formula is C22H28N4OS. The van der Waals surface area contributed by atoms with Gasteiger partial charge < -0.3 is 9.72 Å². The van der Waals surface area contributed by atoms with Crippen molar-refractivity contribution in [3.63, 3.8) is 0 Å². The number of anilines is 1. The number of amides is 1. The van der Waals surface area contributed by atoms with Gasteiger partial charge in [0.1, 0.15) is 5.65 Å². The van der Waals surface area contributed by atoms with Crippen molar-refractivity contribution in [2.75, 3.05) is 5.32 Å². The van der Waals surface area contributed by atoms with Crippen LogP contribution < -0.4 is 5.32 Å². The van der Waals surface area contributed by atoms with Crippen molar-refractivity contribution in [3.05, 3.63) is 46.4 Å². The maximum Gasteiger partial charge on any atom is 0.226 e. The summed E-state index contributed by atoms with van der Waals surface area (Å²) in [6.07, 6.45) is 6.38. The van der Waals surface area contributed by atoms with E-state index in [4.69, 9.17) is 0 Å². The highest BCUT2D eigenvalue weighted by molar-refractivity contribution is 7.15. The minimum atomic E-state index is 0.0174. The standard InChI is InChI=1S/C22H28N4OS/c1-14-17(26-12-6-5-7-19(26)23-14)10-11-20(27)25-21-24-16-9-8-15(22(2,3)4)13-18(16)28-21/h5-7,12,15H,8-11,13H2,1-4H3,(H,24,25,27). The summed E-state index contributed by atoms with van der Waals surface area (Å²) >= 11 is 1.65. The van der Waals surface area contributed by atoms with E-state index in [0.29, 0.717) is 24.2 Å². The minimum Gasteiger partial charge on any atom is -0.304 e. The molecule has 1 N–H and O–H groups in total. The smallest absolute Gasteiger partial charge is 0.226 e. The van der Waals surface area contributed by atoms with Crippen LogP contribution in [0.25, 0.3) is 5.65 Å². The zero-order valence-corrected chi connectivity index (χ0v) is 17.9. The lowest BCUT2D eigenvalue weighted by Gasteiger charge is -2.33. The number of aryl methyl sites for hydroxylation is 3. The van der Waals surface area contributed by atoms with Gasteiger partial charge >= 0.3 is 0 Å². The molecule has 0 aromatic carbocycles. The summed E-state index contributed by atoms with van der Waals surface area (Å²) < 4.78 is 2.07. The fourth-order valence-corrected chi connectivity index (χ4v) is 5.15. The van der Waals surface area contributed by atoms with Gasteiger partial charge in [0.2, 0.25) is 5.91 Å². The van der Waals surface area contributed by atoms with Crippen molar-refractivity contribution in [3.8, 4) is 0 Å². The van der Waals surface area contributed by atoms with Crippen LogP contribution in [0.1, 0.15) is 55.6 Å². The first-order valence-electron chi connectivity index (χ1n) is 10.0. The molecule has 0 saturated heterocycles. The Labute approximate surface area is 170 Å². The largest absolute Gasteiger partial charge is 0.304 e. The molecule has 28 heavy (non-hydrogen) atoms. The number of aromatic nitrogens is 3. The summed E-state index contributed by atoms with van der Waals surface area (Å²) in [6, 6.07) is 5.96. The van der Waals surface area contributed by atoms with Gasteiger partial charge in [-0.15, -0.1) is 11.3 Å². The summed E-state index contributed by atoms with van der Waals surface area (Å²) in [5.74, 6) is 0.700. The number of nitrogens with zero attached hydrogens (tertiary/aromatic N) is 3. The molecule has 3 aromatic rings. The minimum absolute atomic E-state index is 0.0174. The van der Waals surface area contributed by atoms with E-state index in [-0.39, 0.29) is 5.91 Å². The molecule has 1 amide bonds. The number of carbonyl (C=O) groups is 1. The van der Waals surface area contributed by atoms with Crippen molar-refractivity contribution in [1.82, 2.24) is 14.4 Å². The van der Waals surface area contributed by atoms with Crippen molar-refractivity contribution < 1.29 is 4.79 Å². The third-order valence-electron chi connectivity index (χ3n) is 5.83. The van der Waals surface area contributed by atoms with Crippen LogP contribution in [-0.2, 0) is 24.1 Å². The first kappa shape index (κ1) is 19.1. The van der Waals surface area contributed by atoms with Crippen LogP contribution in [-0.4, -0.2) is 20.3 Å². The number of pyridine rings is 1. The van der Waals surface area contributed by atoms with Gasteiger partial charge in [-0.05, 0) is 56.1 Å². The van der Waals surface area contributed by atoms with Crippen molar-refractivity contribution in [2.45, 2.75) is 59.8 Å². The number of thiazole rings is 1. The Kier molecular flexibility index (Phi) is 5.00. The Hall–Kier alpha value is -2.21. The lowest BCUT2D eigenvalue weighted by Crippen LogP contribution is -2.26. The molecule has 4 rings (SSSR count). The van der Waals surface area contributed by atoms with E-state index in [1.165, 1.54) is 17.0 Å². The Morgan fingerprint density at radius 1 is 1.32 bits per heavy atom. The van der Waals surface area contributed by atoms with Crippen LogP contribution in [0.3, 0.4) is 0 Å². The maximum absolute atomic E-state index is 12.5. The van der Waals surface area contributed by atoms with Crippen molar-refractivity contribution >= 4 is 28.0 Å². The molecule has 0 spiro atoms. The number of fused-ring (bicyclic) bond motifs is 2. The molecule has 3 heterocycles. The summed E-state index contributed by atoms with van der Waals surface area (Å²) in [5.41, 5.74) is 4.50. The maximum atomic E-state index is 12.5. The van der Waals surface area contributed by atoms with Crippen molar-refractivity contribution in [1.29, 1.82) is 0 Å². The van der Waals surface area contributed by atoms with Crippen LogP contribution in [0.2, 0.25) is 0 Å². The molecule has 0 bridgehead atoms. The van der Waals surface area contributed by atoms with E-state index >= 15 is 0 Å². The number of hydrogen-bond donors (Lipinski definition) is 1. The average molecular weight is 397 g/mol. The molecule has 5 nitrogen and oxygen atoms in total. The average Bonchev–Trinajstić information content (AvgIpc) is 3.17. The van der Waals surface area contributed by atoms with Gasteiger partial charge in [-0.25, -0.2) is 9.97 Å². The van der Waals surface area contributed by atoms with Crippen LogP contribution in [0.5, 0.6) is 0 Å². The van der Waals surface area contributed by atoms with Gasteiger partial charge in [0.05, 0.1) is 11.4 Å². The van der Waals surface area contributed by atoms with E-state index in [0.717, 1.165) is 35.0 Å². The second-order valence-electron chi connectivity index (χ2n) is 8.82. The van der Waals surface area contributed by atoms with Crippen LogP contribution >= 0.6 is 11.3 Å².